The average Bonchev–Trinajstić information content (AvgIpc) is 4.08. The van der Waals surface area contributed by atoms with Crippen molar-refractivity contribution in [2.75, 3.05) is 65.7 Å². The minimum Gasteiger partial charge on any atom is -0.377 e. The molecule has 0 bridgehead atoms. The van der Waals surface area contributed by atoms with Crippen molar-refractivity contribution in [3.05, 3.63) is 110 Å². The zero-order valence-corrected chi connectivity index (χ0v) is 37.7. The second-order valence-electron chi connectivity index (χ2n) is 18.1. The van der Waals surface area contributed by atoms with Crippen molar-refractivity contribution in [3.8, 4) is 11.6 Å². The van der Waals surface area contributed by atoms with Crippen molar-refractivity contribution in [3.63, 3.8) is 0 Å². The molecule has 4 aromatic rings. The molecule has 2 amide bonds. The second-order valence-corrected chi connectivity index (χ2v) is 18.1. The van der Waals surface area contributed by atoms with Gasteiger partial charge in [-0.25, -0.2) is 19.3 Å². The Balaban J connectivity index is 0.000000191. The van der Waals surface area contributed by atoms with E-state index >= 15 is 0 Å². The van der Waals surface area contributed by atoms with E-state index < -0.39 is 0 Å². The van der Waals surface area contributed by atoms with Crippen molar-refractivity contribution in [1.82, 2.24) is 50.0 Å². The molecule has 2 aliphatic carbocycles. The van der Waals surface area contributed by atoms with Crippen molar-refractivity contribution >= 4 is 11.8 Å². The molecule has 4 fully saturated rings. The topological polar surface area (TPSA) is 145 Å². The average molecular weight is 875 g/mol. The molecule has 0 aromatic carbocycles. The van der Waals surface area contributed by atoms with E-state index in [4.69, 9.17) is 9.47 Å². The van der Waals surface area contributed by atoms with Crippen LogP contribution in [0.3, 0.4) is 0 Å². The number of hydrogen-bond donors (Lipinski definition) is 2. The Morgan fingerprint density at radius 1 is 0.625 bits per heavy atom. The van der Waals surface area contributed by atoms with Crippen LogP contribution in [0.4, 0.5) is 0 Å². The minimum absolute atomic E-state index is 0.0317. The number of hydrogen-bond acceptors (Lipinski definition) is 10. The fourth-order valence-corrected chi connectivity index (χ4v) is 10.1. The van der Waals surface area contributed by atoms with Gasteiger partial charge in [-0.05, 0) is 125 Å². The predicted octanol–water partition coefficient (Wildman–Crippen LogP) is 6.94. The highest BCUT2D eigenvalue weighted by Crippen LogP contribution is 2.29. The third-order valence-electron chi connectivity index (χ3n) is 13.3. The van der Waals surface area contributed by atoms with Gasteiger partial charge in [0.25, 0.3) is 11.8 Å². The first-order chi connectivity index (χ1) is 31.4. The Hall–Kier alpha value is -5.02. The molecule has 64 heavy (non-hydrogen) atoms. The lowest BCUT2D eigenvalue weighted by Crippen LogP contribution is -2.48. The first-order valence-electron chi connectivity index (χ1n) is 23.8. The zero-order chi connectivity index (χ0) is 44.4. The van der Waals surface area contributed by atoms with Crippen molar-refractivity contribution in [2.45, 2.75) is 89.1 Å². The Kier molecular flexibility index (Phi) is 18.3. The van der Waals surface area contributed by atoms with Gasteiger partial charge >= 0.3 is 0 Å². The largest absolute Gasteiger partial charge is 0.377 e. The first-order valence-corrected chi connectivity index (χ1v) is 23.8. The van der Waals surface area contributed by atoms with Gasteiger partial charge in [-0.1, -0.05) is 37.8 Å². The van der Waals surface area contributed by atoms with Crippen LogP contribution in [0, 0.1) is 23.7 Å². The number of carbonyl (C=O) groups is 2. The molecule has 2 N–H and O–H groups in total. The quantitative estimate of drug-likeness (QED) is 0.0797. The maximum Gasteiger partial charge on any atom is 0.253 e. The van der Waals surface area contributed by atoms with Crippen LogP contribution in [0.2, 0.25) is 0 Å². The van der Waals surface area contributed by atoms with Crippen LogP contribution < -0.4 is 10.6 Å². The van der Waals surface area contributed by atoms with Crippen molar-refractivity contribution in [1.29, 1.82) is 0 Å². The van der Waals surface area contributed by atoms with E-state index in [0.29, 0.717) is 59.6 Å². The third-order valence-corrected chi connectivity index (χ3v) is 13.3. The van der Waals surface area contributed by atoms with Crippen LogP contribution in [0.1, 0.15) is 97.8 Å². The fourth-order valence-electron chi connectivity index (χ4n) is 10.1. The SMILES string of the molecule is C=CCOC[C@@H]1CCCN(C[C@@H]2CCCC[C@H]2NC(=O)c2ccc(-n3cccn3)nc2)C1.C=CCOC[C@@H]1CCCN(C[C@H]2CCCC[C@@H]2NC(=O)c2ccc(-n3cccn3)nc2)C1. The number of ether oxygens (including phenoxy) is 2. The van der Waals surface area contributed by atoms with E-state index in [2.05, 4.69) is 53.8 Å². The fraction of sp³-hybridized carbons (Fsp3) is 0.560. The van der Waals surface area contributed by atoms with Gasteiger partial charge in [0.15, 0.2) is 11.6 Å². The molecule has 14 heteroatoms. The Morgan fingerprint density at radius 3 is 1.47 bits per heavy atom. The monoisotopic (exact) mass is 875 g/mol. The van der Waals surface area contributed by atoms with E-state index in [1.807, 2.05) is 60.9 Å². The summed E-state index contributed by atoms with van der Waals surface area (Å²) in [6.07, 6.45) is 28.2. The lowest BCUT2D eigenvalue weighted by atomic mass is 9.83. The molecule has 6 heterocycles. The van der Waals surface area contributed by atoms with Gasteiger partial charge in [-0.3, -0.25) is 9.59 Å². The number of amides is 2. The van der Waals surface area contributed by atoms with Gasteiger partial charge in [0.1, 0.15) is 0 Å². The molecule has 4 aliphatic rings. The van der Waals surface area contributed by atoms with Crippen LogP contribution in [-0.2, 0) is 9.47 Å². The number of pyridine rings is 2. The van der Waals surface area contributed by atoms with Crippen molar-refractivity contribution < 1.29 is 19.1 Å². The molecular formula is C50H70N10O4. The zero-order valence-electron chi connectivity index (χ0n) is 37.7. The van der Waals surface area contributed by atoms with E-state index in [1.54, 1.807) is 34.2 Å². The van der Waals surface area contributed by atoms with Gasteiger partial charge in [0.05, 0.1) is 37.6 Å². The van der Waals surface area contributed by atoms with Crippen LogP contribution in [0.25, 0.3) is 11.6 Å². The summed E-state index contributed by atoms with van der Waals surface area (Å²) in [6, 6.07) is 11.5. The summed E-state index contributed by atoms with van der Waals surface area (Å²) in [5, 5.41) is 15.0. The molecular weight excluding hydrogens is 805 g/mol. The Morgan fingerprint density at radius 2 is 1.08 bits per heavy atom. The minimum atomic E-state index is -0.0317. The number of nitrogens with zero attached hydrogens (tertiary/aromatic N) is 8. The van der Waals surface area contributed by atoms with Crippen LogP contribution in [0.5, 0.6) is 0 Å². The summed E-state index contributed by atoms with van der Waals surface area (Å²) in [5.74, 6) is 3.54. The van der Waals surface area contributed by atoms with Crippen LogP contribution in [0.15, 0.2) is 98.9 Å². The molecule has 14 nitrogen and oxygen atoms in total. The van der Waals surface area contributed by atoms with Crippen LogP contribution in [-0.4, -0.2) is 129 Å². The molecule has 2 saturated heterocycles. The molecule has 0 spiro atoms. The molecule has 8 rings (SSSR count). The number of piperidine rings is 2. The highest BCUT2D eigenvalue weighted by Gasteiger charge is 2.32. The summed E-state index contributed by atoms with van der Waals surface area (Å²) in [5.41, 5.74) is 1.20. The van der Waals surface area contributed by atoms with E-state index in [1.165, 1.54) is 64.2 Å². The molecule has 344 valence electrons. The van der Waals surface area contributed by atoms with E-state index in [0.717, 1.165) is 65.3 Å². The van der Waals surface area contributed by atoms with Gasteiger partial charge in [0, 0.05) is 75.4 Å². The summed E-state index contributed by atoms with van der Waals surface area (Å²) >= 11 is 0. The van der Waals surface area contributed by atoms with Crippen LogP contribution >= 0.6 is 0 Å². The number of aromatic nitrogens is 6. The standard InChI is InChI=1S/2C25H35N5O2/c2*1-2-15-32-19-20-7-5-13-29(17-20)18-22-8-3-4-9-23(22)28-25(31)21-10-11-24(26-16-21)30-14-6-12-27-30/h2*2,6,10-12,14,16,20,22-23H,1,3-5,7-9,13,15,17-19H2,(H,28,31)/t20-,22+,23-;20-,22-,23+/m11/s1. The summed E-state index contributed by atoms with van der Waals surface area (Å²) in [6.45, 7) is 16.9. The van der Waals surface area contributed by atoms with Gasteiger partial charge in [0.2, 0.25) is 0 Å². The smallest absolute Gasteiger partial charge is 0.253 e. The molecule has 2 aliphatic heterocycles. The Bertz CT molecular complexity index is 1850. The molecule has 0 radical (unpaired) electrons. The predicted molar refractivity (Wildman–Crippen MR) is 250 cm³/mol. The van der Waals surface area contributed by atoms with Gasteiger partial charge in [-0.2, -0.15) is 10.2 Å². The first kappa shape index (κ1) is 47.0. The highest BCUT2D eigenvalue weighted by molar-refractivity contribution is 5.94. The highest BCUT2D eigenvalue weighted by atomic mass is 16.5. The number of carbonyl (C=O) groups excluding carboxylic acids is 2. The molecule has 4 aromatic heterocycles. The summed E-state index contributed by atoms with van der Waals surface area (Å²) < 4.78 is 14.8. The lowest BCUT2D eigenvalue weighted by molar-refractivity contribution is 0.0598. The molecule has 0 unspecified atom stereocenters. The number of nitrogens with one attached hydrogen (secondary N) is 2. The van der Waals surface area contributed by atoms with E-state index in [9.17, 15) is 9.59 Å². The molecule has 2 saturated carbocycles. The second kappa shape index (κ2) is 24.9. The van der Waals surface area contributed by atoms with E-state index in [-0.39, 0.29) is 23.9 Å². The lowest BCUT2D eigenvalue weighted by Gasteiger charge is -2.39. The van der Waals surface area contributed by atoms with Gasteiger partial charge in [-0.15, -0.1) is 13.2 Å². The maximum absolute atomic E-state index is 12.9. The summed E-state index contributed by atoms with van der Waals surface area (Å²) in [7, 11) is 0. The summed E-state index contributed by atoms with van der Waals surface area (Å²) in [4.78, 5) is 39.8. The number of likely N-dealkylation sites (tertiary alicyclic amines) is 2. The molecule has 6 atom stereocenters. The number of rotatable bonds is 18. The maximum atomic E-state index is 12.9. The third kappa shape index (κ3) is 14.0. The van der Waals surface area contributed by atoms with Crippen molar-refractivity contribution in [2.24, 2.45) is 23.7 Å². The normalized spacial score (nSPS) is 24.2. The van der Waals surface area contributed by atoms with Gasteiger partial charge < -0.3 is 29.9 Å². The Labute approximate surface area is 379 Å².